The van der Waals surface area contributed by atoms with Crippen LogP contribution >= 0.6 is 0 Å². The molecule has 1 N–H and O–H groups in total. The highest BCUT2D eigenvalue weighted by Crippen LogP contribution is 2.37. The van der Waals surface area contributed by atoms with Crippen LogP contribution < -0.4 is 0 Å². The first kappa shape index (κ1) is 13.9. The van der Waals surface area contributed by atoms with Crippen LogP contribution in [0.25, 0.3) is 0 Å². The smallest absolute Gasteiger partial charge is 0.170 e. The highest BCUT2D eigenvalue weighted by Gasteiger charge is 2.45. The number of hydrogen-bond acceptors (Lipinski definition) is 5. The molecule has 2 heterocycles. The van der Waals surface area contributed by atoms with E-state index in [1.807, 2.05) is 25.2 Å². The summed E-state index contributed by atoms with van der Waals surface area (Å²) in [6.45, 7) is 2.04. The van der Waals surface area contributed by atoms with Gasteiger partial charge in [-0.15, -0.1) is 0 Å². The second kappa shape index (κ2) is 5.77. The largest absolute Gasteiger partial charge is 0.391 e. The molecule has 0 amide bonds. The third-order valence-electron chi connectivity index (χ3n) is 4.30. The van der Waals surface area contributed by atoms with Crippen molar-refractivity contribution < 1.29 is 14.6 Å². The quantitative estimate of drug-likeness (QED) is 0.899. The molecule has 0 bridgehead atoms. The van der Waals surface area contributed by atoms with Crippen LogP contribution in [-0.2, 0) is 16.0 Å². The number of aliphatic hydroxyl groups excluding tert-OH is 1. The van der Waals surface area contributed by atoms with Crippen molar-refractivity contribution in [2.24, 2.45) is 0 Å². The van der Waals surface area contributed by atoms with Crippen molar-refractivity contribution in [3.05, 3.63) is 30.1 Å². The normalized spacial score (nSPS) is 29.1. The van der Waals surface area contributed by atoms with Gasteiger partial charge in [0.1, 0.15) is 0 Å². The SMILES string of the molecule is CN(Cc1ccccn1)C1CC2(CCC1O)OCCO2. The molecule has 20 heavy (non-hydrogen) atoms. The lowest BCUT2D eigenvalue weighted by atomic mass is 9.86. The minimum atomic E-state index is -0.470. The number of ether oxygens (including phenoxy) is 2. The topological polar surface area (TPSA) is 54.8 Å². The van der Waals surface area contributed by atoms with E-state index in [-0.39, 0.29) is 12.1 Å². The van der Waals surface area contributed by atoms with E-state index in [4.69, 9.17) is 9.47 Å². The van der Waals surface area contributed by atoms with Gasteiger partial charge in [0, 0.05) is 31.6 Å². The van der Waals surface area contributed by atoms with E-state index in [0.29, 0.717) is 13.2 Å². The number of hydrogen-bond donors (Lipinski definition) is 1. The molecule has 5 heteroatoms. The monoisotopic (exact) mass is 278 g/mol. The Hall–Kier alpha value is -1.01. The standard InChI is InChI=1S/C15H22N2O3/c1-17(11-12-4-2-3-7-16-12)13-10-15(6-5-14(13)18)19-8-9-20-15/h2-4,7,13-14,18H,5-6,8-11H2,1H3. The van der Waals surface area contributed by atoms with Gasteiger partial charge in [0.25, 0.3) is 0 Å². The molecule has 2 atom stereocenters. The Morgan fingerprint density at radius 3 is 2.90 bits per heavy atom. The van der Waals surface area contributed by atoms with Gasteiger partial charge in [0.05, 0.1) is 25.0 Å². The Kier molecular flexibility index (Phi) is 4.03. The van der Waals surface area contributed by atoms with Crippen molar-refractivity contribution >= 4 is 0 Å². The summed E-state index contributed by atoms with van der Waals surface area (Å²) in [6.07, 6.45) is 3.68. The molecular weight excluding hydrogens is 256 g/mol. The van der Waals surface area contributed by atoms with Gasteiger partial charge in [-0.05, 0) is 25.6 Å². The molecule has 1 saturated heterocycles. The van der Waals surface area contributed by atoms with Crippen LogP contribution in [-0.4, -0.2) is 53.2 Å². The average Bonchev–Trinajstić information content (AvgIpc) is 2.91. The Bertz CT molecular complexity index is 434. The van der Waals surface area contributed by atoms with Crippen molar-refractivity contribution in [1.82, 2.24) is 9.88 Å². The predicted molar refractivity (Wildman–Crippen MR) is 74.0 cm³/mol. The zero-order chi connectivity index (χ0) is 14.0. The number of aromatic nitrogens is 1. The molecule has 2 fully saturated rings. The third-order valence-corrected chi connectivity index (χ3v) is 4.30. The first-order valence-electron chi connectivity index (χ1n) is 7.25. The fourth-order valence-electron chi connectivity index (χ4n) is 3.19. The number of nitrogens with zero attached hydrogens (tertiary/aromatic N) is 2. The highest BCUT2D eigenvalue weighted by molar-refractivity contribution is 5.04. The highest BCUT2D eigenvalue weighted by atomic mass is 16.7. The number of rotatable bonds is 3. The van der Waals surface area contributed by atoms with Gasteiger partial charge in [-0.3, -0.25) is 9.88 Å². The molecule has 1 saturated carbocycles. The summed E-state index contributed by atoms with van der Waals surface area (Å²) in [5, 5.41) is 10.3. The molecular formula is C15H22N2O3. The molecule has 3 rings (SSSR count). The molecule has 1 aromatic rings. The molecule has 2 unspecified atom stereocenters. The lowest BCUT2D eigenvalue weighted by Gasteiger charge is -2.42. The van der Waals surface area contributed by atoms with Gasteiger partial charge in [-0.2, -0.15) is 0 Å². The van der Waals surface area contributed by atoms with Gasteiger partial charge in [0.15, 0.2) is 5.79 Å². The summed E-state index contributed by atoms with van der Waals surface area (Å²) in [4.78, 5) is 6.49. The maximum absolute atomic E-state index is 10.3. The first-order chi connectivity index (χ1) is 9.69. The van der Waals surface area contributed by atoms with E-state index < -0.39 is 5.79 Å². The van der Waals surface area contributed by atoms with Crippen molar-refractivity contribution in [1.29, 1.82) is 0 Å². The third kappa shape index (κ3) is 2.86. The van der Waals surface area contributed by atoms with Crippen molar-refractivity contribution in [3.8, 4) is 0 Å². The first-order valence-corrected chi connectivity index (χ1v) is 7.25. The zero-order valence-corrected chi connectivity index (χ0v) is 11.9. The molecule has 2 aliphatic rings. The Morgan fingerprint density at radius 1 is 1.40 bits per heavy atom. The number of pyridine rings is 1. The Balaban J connectivity index is 1.67. The van der Waals surface area contributed by atoms with Crippen molar-refractivity contribution in [2.75, 3.05) is 20.3 Å². The fraction of sp³-hybridized carbons (Fsp3) is 0.667. The molecule has 1 aliphatic carbocycles. The average molecular weight is 278 g/mol. The Labute approximate surface area is 119 Å². The van der Waals surface area contributed by atoms with Gasteiger partial charge in [-0.25, -0.2) is 0 Å². The molecule has 110 valence electrons. The molecule has 0 aromatic carbocycles. The van der Waals surface area contributed by atoms with E-state index in [1.165, 1.54) is 0 Å². The summed E-state index contributed by atoms with van der Waals surface area (Å²) in [6, 6.07) is 5.94. The molecule has 1 aromatic heterocycles. The minimum absolute atomic E-state index is 0.0452. The summed E-state index contributed by atoms with van der Waals surface area (Å²) >= 11 is 0. The summed E-state index contributed by atoms with van der Waals surface area (Å²) < 4.78 is 11.6. The van der Waals surface area contributed by atoms with Gasteiger partial charge >= 0.3 is 0 Å². The maximum Gasteiger partial charge on any atom is 0.170 e. The lowest BCUT2D eigenvalue weighted by molar-refractivity contribution is -0.204. The molecule has 5 nitrogen and oxygen atoms in total. The summed E-state index contributed by atoms with van der Waals surface area (Å²) in [5.41, 5.74) is 1.01. The molecule has 0 radical (unpaired) electrons. The molecule has 1 aliphatic heterocycles. The van der Waals surface area contributed by atoms with E-state index in [9.17, 15) is 5.11 Å². The second-order valence-electron chi connectivity index (χ2n) is 5.72. The van der Waals surface area contributed by atoms with Crippen molar-refractivity contribution in [3.63, 3.8) is 0 Å². The second-order valence-corrected chi connectivity index (χ2v) is 5.72. The van der Waals surface area contributed by atoms with Crippen LogP contribution in [0.4, 0.5) is 0 Å². The van der Waals surface area contributed by atoms with Gasteiger partial charge < -0.3 is 14.6 Å². The van der Waals surface area contributed by atoms with Crippen molar-refractivity contribution in [2.45, 2.75) is 43.7 Å². The minimum Gasteiger partial charge on any atom is -0.391 e. The van der Waals surface area contributed by atoms with Crippen LogP contribution in [0.15, 0.2) is 24.4 Å². The van der Waals surface area contributed by atoms with Crippen LogP contribution in [0, 0.1) is 0 Å². The van der Waals surface area contributed by atoms with E-state index in [0.717, 1.165) is 31.5 Å². The fourth-order valence-corrected chi connectivity index (χ4v) is 3.19. The predicted octanol–water partition coefficient (Wildman–Crippen LogP) is 1.17. The Morgan fingerprint density at radius 2 is 2.20 bits per heavy atom. The van der Waals surface area contributed by atoms with Crippen LogP contribution in [0.3, 0.4) is 0 Å². The van der Waals surface area contributed by atoms with Gasteiger partial charge in [0.2, 0.25) is 0 Å². The lowest BCUT2D eigenvalue weighted by Crippen LogP contribution is -2.52. The van der Waals surface area contributed by atoms with E-state index >= 15 is 0 Å². The zero-order valence-electron chi connectivity index (χ0n) is 11.9. The van der Waals surface area contributed by atoms with Crippen LogP contribution in [0.2, 0.25) is 0 Å². The number of likely N-dealkylation sites (N-methyl/N-ethyl adjacent to an activating group) is 1. The van der Waals surface area contributed by atoms with E-state index in [2.05, 4.69) is 9.88 Å². The van der Waals surface area contributed by atoms with Gasteiger partial charge in [-0.1, -0.05) is 6.07 Å². The molecule has 1 spiro atoms. The van der Waals surface area contributed by atoms with Crippen LogP contribution in [0.1, 0.15) is 25.0 Å². The summed E-state index contributed by atoms with van der Waals surface area (Å²) in [5.74, 6) is -0.470. The maximum atomic E-state index is 10.3. The summed E-state index contributed by atoms with van der Waals surface area (Å²) in [7, 11) is 2.02. The van der Waals surface area contributed by atoms with Crippen LogP contribution in [0.5, 0.6) is 0 Å². The number of aliphatic hydroxyl groups is 1. The van der Waals surface area contributed by atoms with E-state index in [1.54, 1.807) is 6.20 Å².